The summed E-state index contributed by atoms with van der Waals surface area (Å²) >= 11 is 0. The maximum atomic E-state index is 12.6. The molecule has 138 valence electrons. The number of benzene rings is 2. The Kier molecular flexibility index (Phi) is 5.32. The molecule has 1 unspecified atom stereocenters. The molecule has 0 aliphatic carbocycles. The highest BCUT2D eigenvalue weighted by Crippen LogP contribution is 2.40. The van der Waals surface area contributed by atoms with Crippen LogP contribution in [-0.2, 0) is 4.79 Å². The molecular weight excluding hydrogens is 334 g/mol. The molecule has 3 atom stereocenters. The number of rotatable bonds is 7. The number of hydrogen-bond acceptors (Lipinski definition) is 5. The average molecular weight is 357 g/mol. The number of nitrogens with zero attached hydrogens (tertiary/aromatic N) is 1. The van der Waals surface area contributed by atoms with Crippen molar-refractivity contribution in [3.8, 4) is 17.2 Å². The Morgan fingerprint density at radius 1 is 1.08 bits per heavy atom. The van der Waals surface area contributed by atoms with Crippen molar-refractivity contribution < 1.29 is 24.1 Å². The fourth-order valence-electron chi connectivity index (χ4n) is 3.16. The maximum absolute atomic E-state index is 12.6. The summed E-state index contributed by atoms with van der Waals surface area (Å²) < 4.78 is 16.6. The minimum absolute atomic E-state index is 0.144. The van der Waals surface area contributed by atoms with Gasteiger partial charge in [-0.2, -0.15) is 0 Å². The quantitative estimate of drug-likeness (QED) is 0.771. The number of amides is 1. The van der Waals surface area contributed by atoms with Gasteiger partial charge in [0.2, 0.25) is 6.10 Å². The van der Waals surface area contributed by atoms with Crippen LogP contribution in [0.2, 0.25) is 0 Å². The molecular formula is C20H23NO5. The monoisotopic (exact) mass is 357 g/mol. The highest BCUT2D eigenvalue weighted by Gasteiger charge is 2.50. The van der Waals surface area contributed by atoms with E-state index in [0.29, 0.717) is 17.2 Å². The molecule has 1 aliphatic heterocycles. The molecule has 0 saturated carbocycles. The standard InChI is InChI=1S/C20H23NO5/c1-13(22)12-21-18(14-9-10-16(24-2)17(11-14)25-3)19(20(21)23)26-15-7-5-4-6-8-15/h4-11,13,18-19,22H,12H2,1-3H3/t13?,18-,19+/m1/s1. The summed E-state index contributed by atoms with van der Waals surface area (Å²) in [5, 5.41) is 9.75. The molecule has 1 N–H and O–H groups in total. The first-order chi connectivity index (χ1) is 12.5. The van der Waals surface area contributed by atoms with Gasteiger partial charge in [0.15, 0.2) is 11.5 Å². The lowest BCUT2D eigenvalue weighted by atomic mass is 9.89. The lowest BCUT2D eigenvalue weighted by Gasteiger charge is -2.47. The van der Waals surface area contributed by atoms with Crippen molar-refractivity contribution in [2.75, 3.05) is 20.8 Å². The smallest absolute Gasteiger partial charge is 0.266 e. The molecule has 1 heterocycles. The van der Waals surface area contributed by atoms with Crippen LogP contribution in [0.15, 0.2) is 48.5 Å². The maximum Gasteiger partial charge on any atom is 0.266 e. The number of aliphatic hydroxyl groups excluding tert-OH is 1. The van der Waals surface area contributed by atoms with Gasteiger partial charge in [-0.3, -0.25) is 4.79 Å². The average Bonchev–Trinajstić information content (AvgIpc) is 2.66. The summed E-state index contributed by atoms with van der Waals surface area (Å²) in [4.78, 5) is 14.2. The van der Waals surface area contributed by atoms with Crippen LogP contribution >= 0.6 is 0 Å². The van der Waals surface area contributed by atoms with Gasteiger partial charge in [-0.1, -0.05) is 24.3 Å². The number of carbonyl (C=O) groups excluding carboxylic acids is 1. The van der Waals surface area contributed by atoms with Crippen molar-refractivity contribution in [1.29, 1.82) is 0 Å². The molecule has 26 heavy (non-hydrogen) atoms. The van der Waals surface area contributed by atoms with Crippen molar-refractivity contribution in [2.45, 2.75) is 25.2 Å². The van der Waals surface area contributed by atoms with E-state index in [1.54, 1.807) is 32.1 Å². The number of hydrogen-bond donors (Lipinski definition) is 1. The third kappa shape index (κ3) is 3.46. The van der Waals surface area contributed by atoms with E-state index in [0.717, 1.165) is 5.56 Å². The van der Waals surface area contributed by atoms with E-state index in [1.807, 2.05) is 42.5 Å². The number of carbonyl (C=O) groups is 1. The molecule has 2 aromatic rings. The Morgan fingerprint density at radius 3 is 2.38 bits per heavy atom. The first kappa shape index (κ1) is 18.1. The van der Waals surface area contributed by atoms with E-state index in [1.165, 1.54) is 0 Å². The molecule has 6 heteroatoms. The second kappa shape index (κ2) is 7.66. The minimum Gasteiger partial charge on any atom is -0.493 e. The van der Waals surface area contributed by atoms with Crippen molar-refractivity contribution in [2.24, 2.45) is 0 Å². The Labute approximate surface area is 152 Å². The van der Waals surface area contributed by atoms with Crippen LogP contribution < -0.4 is 14.2 Å². The van der Waals surface area contributed by atoms with Gasteiger partial charge in [0.1, 0.15) is 11.8 Å². The highest BCUT2D eigenvalue weighted by molar-refractivity contribution is 5.89. The number of β-amino-alcohol motifs (C(OH)–C–C–N with tert-alkyl or cyclic N) is 1. The Morgan fingerprint density at radius 2 is 1.77 bits per heavy atom. The second-order valence-electron chi connectivity index (χ2n) is 6.25. The van der Waals surface area contributed by atoms with Crippen LogP contribution in [0.3, 0.4) is 0 Å². The van der Waals surface area contributed by atoms with E-state index in [9.17, 15) is 9.90 Å². The van der Waals surface area contributed by atoms with Gasteiger partial charge in [0, 0.05) is 6.54 Å². The number of likely N-dealkylation sites (tertiary alicyclic amines) is 1. The number of para-hydroxylation sites is 1. The summed E-state index contributed by atoms with van der Waals surface area (Å²) in [5.41, 5.74) is 0.865. The summed E-state index contributed by atoms with van der Waals surface area (Å²) in [6.07, 6.45) is -1.27. The molecule has 1 fully saturated rings. The Balaban J connectivity index is 1.91. The van der Waals surface area contributed by atoms with Crippen LogP contribution in [0.5, 0.6) is 17.2 Å². The van der Waals surface area contributed by atoms with E-state index >= 15 is 0 Å². The molecule has 3 rings (SSSR count). The Bertz CT molecular complexity index is 762. The largest absolute Gasteiger partial charge is 0.493 e. The first-order valence-corrected chi connectivity index (χ1v) is 8.47. The van der Waals surface area contributed by atoms with Crippen LogP contribution in [0.1, 0.15) is 18.5 Å². The van der Waals surface area contributed by atoms with Gasteiger partial charge in [-0.15, -0.1) is 0 Å². The van der Waals surface area contributed by atoms with Crippen molar-refractivity contribution in [3.05, 3.63) is 54.1 Å². The predicted molar refractivity (Wildman–Crippen MR) is 96.5 cm³/mol. The molecule has 2 aromatic carbocycles. The van der Waals surface area contributed by atoms with Crippen molar-refractivity contribution >= 4 is 5.91 Å². The SMILES string of the molecule is COc1ccc([C@@H]2[C@H](Oc3ccccc3)C(=O)N2CC(C)O)cc1OC. The number of aliphatic hydroxyl groups is 1. The zero-order chi connectivity index (χ0) is 18.7. The van der Waals surface area contributed by atoms with Gasteiger partial charge in [-0.05, 0) is 36.8 Å². The molecule has 1 saturated heterocycles. The van der Waals surface area contributed by atoms with E-state index < -0.39 is 12.2 Å². The van der Waals surface area contributed by atoms with Gasteiger partial charge in [0.05, 0.1) is 20.3 Å². The van der Waals surface area contributed by atoms with Gasteiger partial charge in [-0.25, -0.2) is 0 Å². The van der Waals surface area contributed by atoms with Crippen LogP contribution in [-0.4, -0.2) is 48.9 Å². The van der Waals surface area contributed by atoms with Gasteiger partial charge < -0.3 is 24.2 Å². The topological polar surface area (TPSA) is 68.2 Å². The van der Waals surface area contributed by atoms with Gasteiger partial charge in [0.25, 0.3) is 5.91 Å². The highest BCUT2D eigenvalue weighted by atomic mass is 16.5. The molecule has 1 aliphatic rings. The fraction of sp³-hybridized carbons (Fsp3) is 0.350. The number of methoxy groups -OCH3 is 2. The Hall–Kier alpha value is -2.73. The number of ether oxygens (including phenoxy) is 3. The summed E-state index contributed by atoms with van der Waals surface area (Å²) in [6.45, 7) is 1.90. The summed E-state index contributed by atoms with van der Waals surface area (Å²) in [5.74, 6) is 1.69. The zero-order valence-corrected chi connectivity index (χ0v) is 15.1. The lowest BCUT2D eigenvalue weighted by Crippen LogP contribution is -2.62. The summed E-state index contributed by atoms with van der Waals surface area (Å²) in [7, 11) is 3.14. The third-order valence-electron chi connectivity index (χ3n) is 4.37. The molecule has 0 spiro atoms. The molecule has 1 amide bonds. The molecule has 0 bridgehead atoms. The van der Waals surface area contributed by atoms with Crippen LogP contribution in [0, 0.1) is 0 Å². The second-order valence-corrected chi connectivity index (χ2v) is 6.25. The van der Waals surface area contributed by atoms with Crippen molar-refractivity contribution in [3.63, 3.8) is 0 Å². The normalized spacial score (nSPS) is 20.3. The van der Waals surface area contributed by atoms with E-state index in [2.05, 4.69) is 0 Å². The summed E-state index contributed by atoms with van der Waals surface area (Å²) in [6, 6.07) is 14.5. The van der Waals surface area contributed by atoms with Crippen LogP contribution in [0.4, 0.5) is 0 Å². The lowest BCUT2D eigenvalue weighted by molar-refractivity contribution is -0.166. The van der Waals surface area contributed by atoms with Gasteiger partial charge >= 0.3 is 0 Å². The van der Waals surface area contributed by atoms with E-state index in [-0.39, 0.29) is 18.5 Å². The zero-order valence-electron chi connectivity index (χ0n) is 15.1. The van der Waals surface area contributed by atoms with E-state index in [4.69, 9.17) is 14.2 Å². The number of β-lactam (4-membered cyclic amide) rings is 1. The minimum atomic E-state index is -0.644. The van der Waals surface area contributed by atoms with Crippen LogP contribution in [0.25, 0.3) is 0 Å². The first-order valence-electron chi connectivity index (χ1n) is 8.47. The molecule has 0 radical (unpaired) electrons. The molecule has 0 aromatic heterocycles. The van der Waals surface area contributed by atoms with Crippen molar-refractivity contribution in [1.82, 2.24) is 4.90 Å². The molecule has 6 nitrogen and oxygen atoms in total. The third-order valence-corrected chi connectivity index (χ3v) is 4.37. The predicted octanol–water partition coefficient (Wildman–Crippen LogP) is 2.42. The fourth-order valence-corrected chi connectivity index (χ4v) is 3.16.